The molecule has 0 aliphatic heterocycles. The smallest absolute Gasteiger partial charge is 0.381 e. The molecule has 0 saturated heterocycles. The normalized spacial score (nSPS) is 11.5. The highest BCUT2D eigenvalue weighted by Crippen LogP contribution is 2.38. The molecular weight excluding hydrogens is 293 g/mol. The molecule has 118 valence electrons. The average molecular weight is 310 g/mol. The fourth-order valence-corrected chi connectivity index (χ4v) is 2.07. The van der Waals surface area contributed by atoms with Gasteiger partial charge in [-0.3, -0.25) is 0 Å². The van der Waals surface area contributed by atoms with E-state index in [4.69, 9.17) is 5.73 Å². The predicted molar refractivity (Wildman–Crippen MR) is 79.4 cm³/mol. The van der Waals surface area contributed by atoms with E-state index in [0.29, 0.717) is 31.0 Å². The lowest BCUT2D eigenvalue weighted by atomic mass is 10.0. The van der Waals surface area contributed by atoms with Crippen LogP contribution < -0.4 is 11.1 Å². The minimum absolute atomic E-state index is 0.0339. The first-order chi connectivity index (χ1) is 10.5. The van der Waals surface area contributed by atoms with Crippen molar-refractivity contribution in [2.45, 2.75) is 19.5 Å². The molecule has 3 N–H and O–H groups in total. The molecule has 1 heterocycles. The van der Waals surface area contributed by atoms with Crippen molar-refractivity contribution in [2.75, 3.05) is 18.4 Å². The molecule has 0 unspecified atom stereocenters. The Morgan fingerprint density at radius 3 is 2.59 bits per heavy atom. The Morgan fingerprint density at radius 1 is 1.23 bits per heavy atom. The zero-order chi connectivity index (χ0) is 16.2. The first kappa shape index (κ1) is 16.2. The fraction of sp³-hybridized carbons (Fsp3) is 0.333. The van der Waals surface area contributed by atoms with Gasteiger partial charge in [0, 0.05) is 25.1 Å². The van der Waals surface area contributed by atoms with Gasteiger partial charge in [-0.15, -0.1) is 0 Å². The molecule has 22 heavy (non-hydrogen) atoms. The number of rotatable bonds is 5. The van der Waals surface area contributed by atoms with Gasteiger partial charge >= 0.3 is 6.18 Å². The van der Waals surface area contributed by atoms with Crippen LogP contribution in [0.2, 0.25) is 0 Å². The van der Waals surface area contributed by atoms with E-state index in [9.17, 15) is 13.2 Å². The zero-order valence-corrected chi connectivity index (χ0v) is 12.1. The predicted octanol–water partition coefficient (Wildman–Crippen LogP) is 3.10. The Labute approximate surface area is 126 Å². The third kappa shape index (κ3) is 3.54. The van der Waals surface area contributed by atoms with Crippen LogP contribution in [0.3, 0.4) is 0 Å². The number of anilines is 1. The van der Waals surface area contributed by atoms with Gasteiger partial charge in [-0.2, -0.15) is 13.2 Å². The highest BCUT2D eigenvalue weighted by molar-refractivity contribution is 5.76. The van der Waals surface area contributed by atoms with E-state index in [0.717, 1.165) is 6.07 Å². The summed E-state index contributed by atoms with van der Waals surface area (Å²) < 4.78 is 39.6. The lowest BCUT2D eigenvalue weighted by molar-refractivity contribution is -0.137. The van der Waals surface area contributed by atoms with Gasteiger partial charge in [0.1, 0.15) is 5.82 Å². The Kier molecular flexibility index (Phi) is 4.97. The number of halogens is 3. The summed E-state index contributed by atoms with van der Waals surface area (Å²) in [6.45, 7) is 2.63. The quantitative estimate of drug-likeness (QED) is 0.891. The van der Waals surface area contributed by atoms with Gasteiger partial charge in [0.25, 0.3) is 0 Å². The first-order valence-electron chi connectivity index (χ1n) is 6.93. The Hall–Kier alpha value is -2.15. The molecule has 2 aromatic rings. The Morgan fingerprint density at radius 2 is 1.95 bits per heavy atom. The van der Waals surface area contributed by atoms with Crippen molar-refractivity contribution in [2.24, 2.45) is 5.73 Å². The van der Waals surface area contributed by atoms with Gasteiger partial charge in [-0.25, -0.2) is 9.97 Å². The summed E-state index contributed by atoms with van der Waals surface area (Å²) in [6, 6.07) is 5.39. The van der Waals surface area contributed by atoms with E-state index >= 15 is 0 Å². The summed E-state index contributed by atoms with van der Waals surface area (Å²) in [5.41, 5.74) is 5.44. The van der Waals surface area contributed by atoms with Crippen molar-refractivity contribution in [1.82, 2.24) is 9.97 Å². The summed E-state index contributed by atoms with van der Waals surface area (Å²) >= 11 is 0. The molecule has 0 radical (unpaired) electrons. The molecule has 4 nitrogen and oxygen atoms in total. The maximum absolute atomic E-state index is 13.2. The summed E-state index contributed by atoms with van der Waals surface area (Å²) in [5.74, 6) is 0.491. The van der Waals surface area contributed by atoms with Crippen molar-refractivity contribution in [3.05, 3.63) is 41.9 Å². The van der Waals surface area contributed by atoms with Crippen LogP contribution in [-0.4, -0.2) is 23.1 Å². The maximum Gasteiger partial charge on any atom is 0.417 e. The lowest BCUT2D eigenvalue weighted by Crippen LogP contribution is -2.15. The van der Waals surface area contributed by atoms with E-state index < -0.39 is 11.7 Å². The highest BCUT2D eigenvalue weighted by atomic mass is 19.4. The molecular formula is C15H17F3N4. The van der Waals surface area contributed by atoms with Crippen molar-refractivity contribution in [1.29, 1.82) is 0 Å². The van der Waals surface area contributed by atoms with Crippen LogP contribution in [-0.2, 0) is 12.6 Å². The number of alkyl halides is 3. The van der Waals surface area contributed by atoms with Crippen molar-refractivity contribution in [3.8, 4) is 11.3 Å². The third-order valence-electron chi connectivity index (χ3n) is 3.10. The molecule has 0 fully saturated rings. The van der Waals surface area contributed by atoms with E-state index in [-0.39, 0.29) is 11.3 Å². The molecule has 0 spiro atoms. The van der Waals surface area contributed by atoms with Gasteiger partial charge < -0.3 is 11.1 Å². The van der Waals surface area contributed by atoms with Crippen LogP contribution in [0.5, 0.6) is 0 Å². The lowest BCUT2D eigenvalue weighted by Gasteiger charge is -2.16. The highest BCUT2D eigenvalue weighted by Gasteiger charge is 2.34. The SMILES string of the molecule is CCc1ncc(NCCN)c(-c2ccccc2C(F)(F)F)n1. The standard InChI is InChI=1S/C15H17F3N4/c1-2-13-21-9-12(20-8-7-19)14(22-13)10-5-3-4-6-11(10)15(16,17)18/h3-6,9,20H,2,7-8,19H2,1H3. The Bertz CT molecular complexity index is 641. The largest absolute Gasteiger partial charge is 0.417 e. The van der Waals surface area contributed by atoms with Crippen LogP contribution in [0.15, 0.2) is 30.5 Å². The monoisotopic (exact) mass is 310 g/mol. The van der Waals surface area contributed by atoms with Crippen molar-refractivity contribution < 1.29 is 13.2 Å². The van der Waals surface area contributed by atoms with Gasteiger partial charge in [-0.05, 0) is 6.07 Å². The van der Waals surface area contributed by atoms with E-state index in [1.165, 1.54) is 18.3 Å². The van der Waals surface area contributed by atoms with Crippen LogP contribution in [0.1, 0.15) is 18.3 Å². The van der Waals surface area contributed by atoms with Crippen LogP contribution in [0, 0.1) is 0 Å². The second-order valence-corrected chi connectivity index (χ2v) is 4.66. The molecule has 0 aliphatic rings. The molecule has 0 aliphatic carbocycles. The number of benzene rings is 1. The molecule has 0 saturated carbocycles. The van der Waals surface area contributed by atoms with Gasteiger partial charge in [0.05, 0.1) is 23.1 Å². The molecule has 7 heteroatoms. The minimum atomic E-state index is -4.45. The van der Waals surface area contributed by atoms with Gasteiger partial charge in [0.15, 0.2) is 0 Å². The van der Waals surface area contributed by atoms with E-state index in [1.54, 1.807) is 6.07 Å². The second kappa shape index (κ2) is 6.74. The molecule has 1 aromatic carbocycles. The maximum atomic E-state index is 13.2. The van der Waals surface area contributed by atoms with Crippen LogP contribution >= 0.6 is 0 Å². The van der Waals surface area contributed by atoms with Gasteiger partial charge in [-0.1, -0.05) is 25.1 Å². The molecule has 0 amide bonds. The first-order valence-corrected chi connectivity index (χ1v) is 6.93. The minimum Gasteiger partial charge on any atom is -0.381 e. The van der Waals surface area contributed by atoms with Crippen LogP contribution in [0.4, 0.5) is 18.9 Å². The average Bonchev–Trinajstić information content (AvgIpc) is 2.52. The zero-order valence-electron chi connectivity index (χ0n) is 12.1. The van der Waals surface area contributed by atoms with Crippen molar-refractivity contribution >= 4 is 5.69 Å². The summed E-state index contributed by atoms with van der Waals surface area (Å²) in [4.78, 5) is 8.41. The number of nitrogens with two attached hydrogens (primary N) is 1. The number of aromatic nitrogens is 2. The number of hydrogen-bond donors (Lipinski definition) is 2. The molecule has 1 aromatic heterocycles. The van der Waals surface area contributed by atoms with Crippen LogP contribution in [0.25, 0.3) is 11.3 Å². The van der Waals surface area contributed by atoms with Crippen molar-refractivity contribution in [3.63, 3.8) is 0 Å². The third-order valence-corrected chi connectivity index (χ3v) is 3.10. The fourth-order valence-electron chi connectivity index (χ4n) is 2.07. The number of nitrogens with zero attached hydrogens (tertiary/aromatic N) is 2. The summed E-state index contributed by atoms with van der Waals surface area (Å²) in [5, 5.41) is 2.97. The molecule has 2 rings (SSSR count). The number of aryl methyl sites for hydroxylation is 1. The Balaban J connectivity index is 2.60. The molecule has 0 bridgehead atoms. The summed E-state index contributed by atoms with van der Waals surface area (Å²) in [6.07, 6.45) is -2.40. The van der Waals surface area contributed by atoms with Gasteiger partial charge in [0.2, 0.25) is 0 Å². The van der Waals surface area contributed by atoms with E-state index in [2.05, 4.69) is 15.3 Å². The summed E-state index contributed by atoms with van der Waals surface area (Å²) in [7, 11) is 0. The number of hydrogen-bond acceptors (Lipinski definition) is 4. The number of nitrogens with one attached hydrogen (secondary N) is 1. The molecule has 0 atom stereocenters. The topological polar surface area (TPSA) is 63.8 Å². The second-order valence-electron chi connectivity index (χ2n) is 4.66. The van der Waals surface area contributed by atoms with E-state index in [1.807, 2.05) is 6.92 Å².